The van der Waals surface area contributed by atoms with Gasteiger partial charge in [-0.2, -0.15) is 31.4 Å². The minimum atomic E-state index is -5.08. The molecule has 18 heteroatoms. The lowest BCUT2D eigenvalue weighted by atomic mass is 9.85. The van der Waals surface area contributed by atoms with Crippen LogP contribution < -0.4 is 11.1 Å². The van der Waals surface area contributed by atoms with Crippen molar-refractivity contribution in [1.82, 2.24) is 24.2 Å². The fourth-order valence-electron chi connectivity index (χ4n) is 4.70. The van der Waals surface area contributed by atoms with Gasteiger partial charge in [0.05, 0.1) is 12.2 Å². The van der Waals surface area contributed by atoms with E-state index in [0.29, 0.717) is 24.6 Å². The van der Waals surface area contributed by atoms with Gasteiger partial charge in [0.2, 0.25) is 0 Å². The molecule has 1 atom stereocenters. The molecule has 1 aromatic carbocycles. The average molecular weight is 635 g/mol. The van der Waals surface area contributed by atoms with E-state index in [1.165, 1.54) is 10.7 Å². The molecule has 3 aromatic rings. The van der Waals surface area contributed by atoms with Crippen LogP contribution in [0.2, 0.25) is 0 Å². The Balaban J connectivity index is 0.000000317. The molecule has 2 aliphatic rings. The van der Waals surface area contributed by atoms with Crippen LogP contribution in [-0.2, 0) is 34.6 Å². The van der Waals surface area contributed by atoms with Crippen molar-refractivity contribution in [2.75, 3.05) is 13.1 Å². The maximum absolute atomic E-state index is 13.5. The molecule has 0 bridgehead atoms. The summed E-state index contributed by atoms with van der Waals surface area (Å²) in [6.07, 6.45) is -6.87. The summed E-state index contributed by atoms with van der Waals surface area (Å²) in [7, 11) is 0. The number of benzene rings is 1. The van der Waals surface area contributed by atoms with Gasteiger partial charge >= 0.3 is 35.4 Å². The van der Waals surface area contributed by atoms with Crippen LogP contribution in [0.1, 0.15) is 29.9 Å². The predicted molar refractivity (Wildman–Crippen MR) is 136 cm³/mol. The number of carboxylic acid groups (broad SMARTS) is 2. The second-order valence-corrected chi connectivity index (χ2v) is 9.79. The van der Waals surface area contributed by atoms with Crippen molar-refractivity contribution in [3.63, 3.8) is 0 Å². The fraction of sp³-hybridized carbons (Fsp3) is 0.385. The lowest BCUT2D eigenvalue weighted by Gasteiger charge is -2.24. The number of pyridine rings is 1. The summed E-state index contributed by atoms with van der Waals surface area (Å²) >= 11 is 0. The van der Waals surface area contributed by atoms with Crippen molar-refractivity contribution in [3.8, 4) is 0 Å². The molecule has 5 rings (SSSR count). The van der Waals surface area contributed by atoms with Gasteiger partial charge in [0.1, 0.15) is 11.6 Å². The number of carbonyl (C=O) groups is 2. The van der Waals surface area contributed by atoms with Crippen molar-refractivity contribution in [2.45, 2.75) is 50.2 Å². The van der Waals surface area contributed by atoms with E-state index in [1.807, 2.05) is 18.2 Å². The second-order valence-electron chi connectivity index (χ2n) is 9.79. The van der Waals surface area contributed by atoms with Gasteiger partial charge in [0.25, 0.3) is 0 Å². The van der Waals surface area contributed by atoms with Gasteiger partial charge < -0.3 is 10.2 Å². The molecule has 2 N–H and O–H groups in total. The van der Waals surface area contributed by atoms with Crippen LogP contribution in [0.3, 0.4) is 0 Å². The number of likely N-dealkylation sites (tertiary alicyclic amines) is 1. The molecule has 0 amide bonds. The normalized spacial score (nSPS) is 17.7. The Labute approximate surface area is 242 Å². The Morgan fingerprint density at radius 1 is 0.864 bits per heavy atom. The van der Waals surface area contributed by atoms with Gasteiger partial charge in [-0.3, -0.25) is 24.0 Å². The van der Waals surface area contributed by atoms with Crippen LogP contribution in [0.5, 0.6) is 0 Å². The van der Waals surface area contributed by atoms with Gasteiger partial charge in [-0.05, 0) is 49.2 Å². The van der Waals surface area contributed by atoms with E-state index < -0.39 is 35.4 Å². The average Bonchev–Trinajstić information content (AvgIpc) is 3.50. The van der Waals surface area contributed by atoms with E-state index >= 15 is 0 Å². The Bertz CT molecular complexity index is 1580. The molecular formula is C26H24F7N5O6. The molecule has 11 nitrogen and oxygen atoms in total. The summed E-state index contributed by atoms with van der Waals surface area (Å²) in [5.74, 6) is -5.07. The number of halogens is 7. The van der Waals surface area contributed by atoms with Crippen LogP contribution in [0.15, 0.2) is 58.3 Å². The first-order valence-electron chi connectivity index (χ1n) is 12.6. The van der Waals surface area contributed by atoms with Crippen LogP contribution >= 0.6 is 0 Å². The summed E-state index contributed by atoms with van der Waals surface area (Å²) < 4.78 is 79.8. The fourth-order valence-corrected chi connectivity index (χ4v) is 4.70. The van der Waals surface area contributed by atoms with Crippen molar-refractivity contribution in [1.29, 1.82) is 0 Å². The van der Waals surface area contributed by atoms with Crippen LogP contribution in [0.25, 0.3) is 0 Å². The minimum Gasteiger partial charge on any atom is -0.475 e. The van der Waals surface area contributed by atoms with Gasteiger partial charge in [-0.15, -0.1) is 0 Å². The highest BCUT2D eigenvalue weighted by Gasteiger charge is 2.47. The molecule has 1 fully saturated rings. The Morgan fingerprint density at radius 2 is 1.48 bits per heavy atom. The van der Waals surface area contributed by atoms with E-state index in [2.05, 4.69) is 15.0 Å². The number of carboxylic acids is 2. The second kappa shape index (κ2) is 13.4. The Hall–Kier alpha value is -4.61. The van der Waals surface area contributed by atoms with E-state index in [0.717, 1.165) is 31.5 Å². The van der Waals surface area contributed by atoms with Crippen LogP contribution in [0.4, 0.5) is 30.7 Å². The van der Waals surface area contributed by atoms with Crippen LogP contribution in [0, 0.1) is 5.82 Å². The van der Waals surface area contributed by atoms with Crippen LogP contribution in [-0.4, -0.2) is 71.8 Å². The highest BCUT2D eigenvalue weighted by molar-refractivity contribution is 5.73. The summed E-state index contributed by atoms with van der Waals surface area (Å²) in [6, 6.07) is 12.1. The van der Waals surface area contributed by atoms with Crippen molar-refractivity contribution in [2.24, 2.45) is 0 Å². The molecular weight excluding hydrogens is 611 g/mol. The number of alkyl halides is 6. The maximum atomic E-state index is 13.5. The number of fused-ring (bicyclic) bond motifs is 2. The summed E-state index contributed by atoms with van der Waals surface area (Å²) in [5, 5.41) is 18.9. The van der Waals surface area contributed by atoms with Gasteiger partial charge in [0, 0.05) is 31.2 Å². The lowest BCUT2D eigenvalue weighted by Crippen LogP contribution is -2.45. The van der Waals surface area contributed by atoms with Gasteiger partial charge in [0.15, 0.2) is 0 Å². The zero-order valence-electron chi connectivity index (χ0n) is 22.5. The molecule has 1 unspecified atom stereocenters. The highest BCUT2D eigenvalue weighted by Crippen LogP contribution is 2.40. The number of nitrogens with zero attached hydrogens (tertiary/aromatic N) is 5. The third kappa shape index (κ3) is 8.48. The zero-order valence-corrected chi connectivity index (χ0v) is 22.5. The first-order valence-corrected chi connectivity index (χ1v) is 12.6. The molecule has 1 spiro atoms. The molecule has 2 aliphatic heterocycles. The van der Waals surface area contributed by atoms with Gasteiger partial charge in [-0.1, -0.05) is 18.2 Å². The monoisotopic (exact) mass is 635 g/mol. The smallest absolute Gasteiger partial charge is 0.475 e. The third-order valence-corrected chi connectivity index (χ3v) is 6.67. The number of aromatic nitrogens is 4. The molecule has 44 heavy (non-hydrogen) atoms. The standard InChI is InChI=1S/C22H22FN5O2.2C2HF3O2/c23-17-5-3-4-16(12-17)13-26-10-7-22(15-26)8-11-27-19(29)20(30)28(25-21(22)27)14-18-6-1-2-9-24-18;2*3-2(4,5)1(6)7/h1-6,9,12H,7-8,10-11,13-15H2;2*(H,6,7). The SMILES string of the molecule is O=C(O)C(F)(F)F.O=C(O)C(F)(F)F.O=c1c(=O)n2c(nn1Cc1ccccn1)C1(CCN(Cc3cccc(F)c3)C1)CC2. The summed E-state index contributed by atoms with van der Waals surface area (Å²) in [5.41, 5.74) is 0.220. The quantitative estimate of drug-likeness (QED) is 0.326. The molecule has 0 saturated carbocycles. The lowest BCUT2D eigenvalue weighted by molar-refractivity contribution is -0.193. The Kier molecular flexibility index (Phi) is 10.3. The first-order chi connectivity index (χ1) is 20.4. The van der Waals surface area contributed by atoms with Gasteiger partial charge in [-0.25, -0.2) is 18.7 Å². The topological polar surface area (TPSA) is 148 Å². The van der Waals surface area contributed by atoms with E-state index in [-0.39, 0.29) is 17.8 Å². The number of aliphatic carboxylic acids is 2. The van der Waals surface area contributed by atoms with Crippen molar-refractivity contribution >= 4 is 11.9 Å². The molecule has 0 radical (unpaired) electrons. The summed E-state index contributed by atoms with van der Waals surface area (Å²) in [6.45, 7) is 2.90. The maximum Gasteiger partial charge on any atom is 0.490 e. The number of hydrogen-bond donors (Lipinski definition) is 2. The number of rotatable bonds is 4. The van der Waals surface area contributed by atoms with Crippen molar-refractivity contribution in [3.05, 3.63) is 92.3 Å². The van der Waals surface area contributed by atoms with E-state index in [9.17, 15) is 40.3 Å². The van der Waals surface area contributed by atoms with E-state index in [1.54, 1.807) is 29.0 Å². The highest BCUT2D eigenvalue weighted by atomic mass is 19.4. The molecule has 0 aliphatic carbocycles. The number of hydrogen-bond acceptors (Lipinski definition) is 7. The third-order valence-electron chi connectivity index (χ3n) is 6.67. The first kappa shape index (κ1) is 33.9. The molecule has 1 saturated heterocycles. The Morgan fingerprint density at radius 3 is 2.02 bits per heavy atom. The predicted octanol–water partition coefficient (Wildman–Crippen LogP) is 2.80. The zero-order chi connectivity index (χ0) is 32.9. The molecule has 2 aromatic heterocycles. The summed E-state index contributed by atoms with van der Waals surface area (Å²) in [4.78, 5) is 49.6. The van der Waals surface area contributed by atoms with E-state index in [4.69, 9.17) is 19.8 Å². The largest absolute Gasteiger partial charge is 0.490 e. The molecule has 238 valence electrons. The van der Waals surface area contributed by atoms with Crippen molar-refractivity contribution < 1.29 is 50.5 Å². The minimum absolute atomic E-state index is 0.172. The molecule has 4 heterocycles.